The number of carbonyl (C=O) groups is 2. The highest BCUT2D eigenvalue weighted by Crippen LogP contribution is 2.59. The number of piperazine rings is 1. The van der Waals surface area contributed by atoms with Crippen LogP contribution >= 0.6 is 35.6 Å². The van der Waals surface area contributed by atoms with Crippen LogP contribution in [0.2, 0.25) is 0 Å². The van der Waals surface area contributed by atoms with E-state index in [1.807, 2.05) is 29.2 Å². The van der Waals surface area contributed by atoms with Gasteiger partial charge in [-0.15, -0.1) is 35.6 Å². The minimum Gasteiger partial charge on any atom is -0.508 e. The van der Waals surface area contributed by atoms with Gasteiger partial charge in [-0.25, -0.2) is 0 Å². The summed E-state index contributed by atoms with van der Waals surface area (Å²) in [4.78, 5) is 29.4. The number of carbonyl (C=O) groups excluding carboxylic acids is 2. The fourth-order valence-corrected chi connectivity index (χ4v) is 4.67. The summed E-state index contributed by atoms with van der Waals surface area (Å²) in [6, 6.07) is 13.8. The molecule has 34 heavy (non-hydrogen) atoms. The van der Waals surface area contributed by atoms with E-state index in [-0.39, 0.29) is 42.3 Å². The van der Waals surface area contributed by atoms with E-state index in [2.05, 4.69) is 0 Å². The number of rotatable bonds is 7. The minimum absolute atomic E-state index is 0. The van der Waals surface area contributed by atoms with E-state index in [4.69, 9.17) is 27.9 Å². The number of ketones is 1. The summed E-state index contributed by atoms with van der Waals surface area (Å²) in [6.07, 6.45) is 0.743. The fourth-order valence-electron chi connectivity index (χ4n) is 4.11. The van der Waals surface area contributed by atoms with Crippen LogP contribution in [-0.4, -0.2) is 69.3 Å². The fraction of sp³-hybridized carbons (Fsp3) is 0.440. The summed E-state index contributed by atoms with van der Waals surface area (Å²) in [6.45, 7) is 6.11. The Morgan fingerprint density at radius 1 is 1.03 bits per heavy atom. The Kier molecular flexibility index (Phi) is 8.08. The van der Waals surface area contributed by atoms with Crippen LogP contribution in [-0.2, 0) is 4.79 Å². The van der Waals surface area contributed by atoms with Crippen molar-refractivity contribution < 1.29 is 19.4 Å². The molecular weight excluding hydrogens is 499 g/mol. The number of amides is 1. The maximum absolute atomic E-state index is 13.1. The van der Waals surface area contributed by atoms with E-state index in [9.17, 15) is 14.7 Å². The van der Waals surface area contributed by atoms with Crippen LogP contribution in [0.15, 0.2) is 48.5 Å². The largest absolute Gasteiger partial charge is 0.508 e. The zero-order chi connectivity index (χ0) is 23.8. The van der Waals surface area contributed by atoms with Gasteiger partial charge in [-0.05, 0) is 62.2 Å². The monoisotopic (exact) mass is 526 g/mol. The van der Waals surface area contributed by atoms with Gasteiger partial charge in [0.2, 0.25) is 0 Å². The molecule has 1 atom stereocenters. The van der Waals surface area contributed by atoms with E-state index in [0.29, 0.717) is 37.5 Å². The molecule has 0 bridgehead atoms. The van der Waals surface area contributed by atoms with E-state index in [0.717, 1.165) is 12.0 Å². The van der Waals surface area contributed by atoms with Gasteiger partial charge >= 0.3 is 0 Å². The Hall–Kier alpha value is -1.99. The Morgan fingerprint density at radius 2 is 1.59 bits per heavy atom. The van der Waals surface area contributed by atoms with E-state index in [1.54, 1.807) is 30.9 Å². The molecule has 1 saturated carbocycles. The van der Waals surface area contributed by atoms with Gasteiger partial charge in [0.25, 0.3) is 5.91 Å². The average Bonchev–Trinajstić information content (AvgIpc) is 3.42. The molecule has 4 rings (SSSR count). The molecule has 0 aromatic heterocycles. The number of aromatic hydroxyl groups is 1. The second-order valence-electron chi connectivity index (χ2n) is 9.24. The molecule has 2 aliphatic rings. The summed E-state index contributed by atoms with van der Waals surface area (Å²) in [5.74, 6) is 0.801. The number of halogens is 3. The molecule has 2 aromatic rings. The van der Waals surface area contributed by atoms with E-state index in [1.165, 1.54) is 12.1 Å². The second-order valence-corrected chi connectivity index (χ2v) is 10.8. The number of ether oxygens (including phenoxy) is 1. The first-order valence-electron chi connectivity index (χ1n) is 11.1. The molecule has 0 radical (unpaired) electrons. The second kappa shape index (κ2) is 10.3. The lowest BCUT2D eigenvalue weighted by Gasteiger charge is -2.38. The van der Waals surface area contributed by atoms with Crippen molar-refractivity contribution in [3.8, 4) is 11.5 Å². The highest BCUT2D eigenvalue weighted by molar-refractivity contribution is 6.51. The highest BCUT2D eigenvalue weighted by Gasteiger charge is 2.52. The van der Waals surface area contributed by atoms with Crippen LogP contribution in [0.1, 0.15) is 42.1 Å². The van der Waals surface area contributed by atoms with Gasteiger partial charge in [0.15, 0.2) is 11.4 Å². The zero-order valence-electron chi connectivity index (χ0n) is 19.2. The molecule has 1 unspecified atom stereocenters. The summed E-state index contributed by atoms with van der Waals surface area (Å²) < 4.78 is 5.37. The SMILES string of the molecule is CC(C)(Oc1ccc(C2CC2(Cl)Cl)cc1)C(=O)N1CCN(CC(=O)c2ccc(O)cc2)CC1.Cl. The summed E-state index contributed by atoms with van der Waals surface area (Å²) in [7, 11) is 0. The van der Waals surface area contributed by atoms with Crippen molar-refractivity contribution in [3.05, 3.63) is 59.7 Å². The molecule has 9 heteroatoms. The first kappa shape index (κ1) is 26.6. The number of nitrogens with zero attached hydrogens (tertiary/aromatic N) is 2. The van der Waals surface area contributed by atoms with E-state index >= 15 is 0 Å². The molecule has 1 saturated heterocycles. The highest BCUT2D eigenvalue weighted by atomic mass is 35.5. The first-order chi connectivity index (χ1) is 15.5. The number of benzene rings is 2. The molecule has 1 heterocycles. The predicted octanol–water partition coefficient (Wildman–Crippen LogP) is 4.66. The van der Waals surface area contributed by atoms with Gasteiger partial charge in [-0.3, -0.25) is 14.5 Å². The van der Waals surface area contributed by atoms with Crippen molar-refractivity contribution in [3.63, 3.8) is 0 Å². The molecular formula is C25H29Cl3N2O4. The molecule has 0 spiro atoms. The van der Waals surface area contributed by atoms with Crippen LogP contribution in [0.25, 0.3) is 0 Å². The average molecular weight is 528 g/mol. The van der Waals surface area contributed by atoms with Gasteiger partial charge in [-0.1, -0.05) is 12.1 Å². The number of phenolic OH excluding ortho intramolecular Hbond substituents is 1. The predicted molar refractivity (Wildman–Crippen MR) is 136 cm³/mol. The quantitative estimate of drug-likeness (QED) is 0.419. The molecule has 184 valence electrons. The van der Waals surface area contributed by atoms with Crippen LogP contribution < -0.4 is 4.74 Å². The zero-order valence-corrected chi connectivity index (χ0v) is 21.5. The van der Waals surface area contributed by atoms with Crippen LogP contribution in [0, 0.1) is 0 Å². The third-order valence-corrected chi connectivity index (χ3v) is 7.05. The Morgan fingerprint density at radius 3 is 2.12 bits per heavy atom. The van der Waals surface area contributed by atoms with Gasteiger partial charge in [0.1, 0.15) is 15.8 Å². The third-order valence-electron chi connectivity index (χ3n) is 6.21. The number of alkyl halides is 2. The van der Waals surface area contributed by atoms with Crippen molar-refractivity contribution in [2.24, 2.45) is 0 Å². The Labute approximate surface area is 216 Å². The van der Waals surface area contributed by atoms with Gasteiger partial charge in [0.05, 0.1) is 6.54 Å². The van der Waals surface area contributed by atoms with Crippen LogP contribution in [0.4, 0.5) is 0 Å². The summed E-state index contributed by atoms with van der Waals surface area (Å²) in [5.41, 5.74) is 0.610. The van der Waals surface area contributed by atoms with Gasteiger partial charge in [-0.2, -0.15) is 0 Å². The van der Waals surface area contributed by atoms with E-state index < -0.39 is 9.93 Å². The van der Waals surface area contributed by atoms with Crippen molar-refractivity contribution in [2.45, 2.75) is 36.1 Å². The molecule has 2 fully saturated rings. The van der Waals surface area contributed by atoms with Crippen molar-refractivity contribution in [2.75, 3.05) is 32.7 Å². The molecule has 1 aliphatic carbocycles. The molecule has 1 N–H and O–H groups in total. The Bertz CT molecular complexity index is 1020. The van der Waals surface area contributed by atoms with Crippen LogP contribution in [0.3, 0.4) is 0 Å². The molecule has 1 aliphatic heterocycles. The van der Waals surface area contributed by atoms with Crippen LogP contribution in [0.5, 0.6) is 11.5 Å². The van der Waals surface area contributed by atoms with Gasteiger partial charge in [0, 0.05) is 37.7 Å². The van der Waals surface area contributed by atoms with Gasteiger partial charge < -0.3 is 14.7 Å². The molecule has 2 aromatic carbocycles. The maximum Gasteiger partial charge on any atom is 0.266 e. The number of hydrogen-bond donors (Lipinski definition) is 1. The topological polar surface area (TPSA) is 70.1 Å². The lowest BCUT2D eigenvalue weighted by Crippen LogP contribution is -2.56. The molecule has 1 amide bonds. The number of hydrogen-bond acceptors (Lipinski definition) is 5. The van der Waals surface area contributed by atoms with Crippen molar-refractivity contribution in [1.82, 2.24) is 9.80 Å². The lowest BCUT2D eigenvalue weighted by molar-refractivity contribution is -0.147. The Balaban J connectivity index is 0.00000324. The minimum atomic E-state index is -1.02. The number of Topliss-reactive ketones (excluding diaryl/α,β-unsaturated/α-hetero) is 1. The van der Waals surface area contributed by atoms with Crippen molar-refractivity contribution >= 4 is 47.3 Å². The van der Waals surface area contributed by atoms with Crippen molar-refractivity contribution in [1.29, 1.82) is 0 Å². The normalized spacial score (nSPS) is 19.8. The number of phenols is 1. The summed E-state index contributed by atoms with van der Waals surface area (Å²) in [5, 5.41) is 9.38. The standard InChI is InChI=1S/C25H28Cl2N2O4.ClH/c1-24(2,33-20-9-5-17(6-10-20)21-15-25(21,26)27)23(32)29-13-11-28(12-14-29)16-22(31)18-3-7-19(30)8-4-18;/h3-10,21,30H,11-16H2,1-2H3;1H. The maximum atomic E-state index is 13.1. The summed E-state index contributed by atoms with van der Waals surface area (Å²) >= 11 is 12.3. The third kappa shape index (κ3) is 6.16. The lowest BCUT2D eigenvalue weighted by atomic mass is 10.1. The first-order valence-corrected chi connectivity index (χ1v) is 11.8. The molecule has 6 nitrogen and oxygen atoms in total. The smallest absolute Gasteiger partial charge is 0.266 e.